The van der Waals surface area contributed by atoms with Crippen molar-refractivity contribution >= 4 is 11.8 Å². The molecular formula is C9H20O2S. The first kappa shape index (κ1) is 12.3. The average molecular weight is 192 g/mol. The molecule has 0 aliphatic carbocycles. The highest BCUT2D eigenvalue weighted by atomic mass is 32.2. The van der Waals surface area contributed by atoms with E-state index in [-0.39, 0.29) is 6.10 Å². The summed E-state index contributed by atoms with van der Waals surface area (Å²) < 4.78 is 5.27. The molecule has 0 aliphatic rings. The SMILES string of the molecule is CCCCOCC(O)CSCC. The fraction of sp³-hybridized carbons (Fsp3) is 1.00. The van der Waals surface area contributed by atoms with E-state index in [1.165, 1.54) is 0 Å². The molecule has 0 saturated heterocycles. The molecule has 0 aromatic rings. The second-order valence-electron chi connectivity index (χ2n) is 2.74. The van der Waals surface area contributed by atoms with Crippen molar-refractivity contribution in [2.75, 3.05) is 24.7 Å². The van der Waals surface area contributed by atoms with Crippen LogP contribution >= 0.6 is 11.8 Å². The van der Waals surface area contributed by atoms with Gasteiger partial charge in [-0.25, -0.2) is 0 Å². The average Bonchev–Trinajstić information content (AvgIpc) is 2.09. The Kier molecular flexibility index (Phi) is 9.57. The Labute approximate surface area is 79.7 Å². The number of thioether (sulfide) groups is 1. The maximum absolute atomic E-state index is 9.33. The highest BCUT2D eigenvalue weighted by Gasteiger charge is 2.02. The van der Waals surface area contributed by atoms with Gasteiger partial charge in [0.2, 0.25) is 0 Å². The van der Waals surface area contributed by atoms with Crippen LogP contribution in [0.15, 0.2) is 0 Å². The van der Waals surface area contributed by atoms with E-state index in [2.05, 4.69) is 13.8 Å². The molecule has 0 bridgehead atoms. The molecule has 0 aromatic heterocycles. The largest absolute Gasteiger partial charge is 0.390 e. The van der Waals surface area contributed by atoms with Crippen LogP contribution in [0.3, 0.4) is 0 Å². The highest BCUT2D eigenvalue weighted by molar-refractivity contribution is 7.99. The highest BCUT2D eigenvalue weighted by Crippen LogP contribution is 2.02. The minimum atomic E-state index is -0.285. The zero-order valence-corrected chi connectivity index (χ0v) is 8.90. The molecule has 74 valence electrons. The van der Waals surface area contributed by atoms with Crippen LogP contribution in [0.5, 0.6) is 0 Å². The van der Waals surface area contributed by atoms with Gasteiger partial charge in [0.05, 0.1) is 12.7 Å². The lowest BCUT2D eigenvalue weighted by atomic mass is 10.3. The van der Waals surface area contributed by atoms with E-state index < -0.39 is 0 Å². The number of aliphatic hydroxyl groups excluding tert-OH is 1. The molecule has 0 rings (SSSR count). The van der Waals surface area contributed by atoms with Crippen molar-refractivity contribution in [2.24, 2.45) is 0 Å². The molecule has 0 radical (unpaired) electrons. The number of hydrogen-bond acceptors (Lipinski definition) is 3. The van der Waals surface area contributed by atoms with Crippen LogP contribution in [0.4, 0.5) is 0 Å². The molecule has 0 saturated carbocycles. The first-order valence-corrected chi connectivity index (χ1v) is 5.80. The molecule has 3 heteroatoms. The monoisotopic (exact) mass is 192 g/mol. The number of unbranched alkanes of at least 4 members (excludes halogenated alkanes) is 1. The van der Waals surface area contributed by atoms with Crippen molar-refractivity contribution < 1.29 is 9.84 Å². The van der Waals surface area contributed by atoms with Crippen molar-refractivity contribution in [1.29, 1.82) is 0 Å². The molecule has 12 heavy (non-hydrogen) atoms. The quantitative estimate of drug-likeness (QED) is 0.596. The Balaban J connectivity index is 3.02. The molecule has 1 N–H and O–H groups in total. The van der Waals surface area contributed by atoms with Gasteiger partial charge < -0.3 is 9.84 Å². The van der Waals surface area contributed by atoms with Gasteiger partial charge in [-0.1, -0.05) is 20.3 Å². The smallest absolute Gasteiger partial charge is 0.0863 e. The van der Waals surface area contributed by atoms with E-state index in [1.807, 2.05) is 0 Å². The first-order chi connectivity index (χ1) is 5.81. The van der Waals surface area contributed by atoms with Crippen LogP contribution < -0.4 is 0 Å². The van der Waals surface area contributed by atoms with Crippen LogP contribution in [0.1, 0.15) is 26.7 Å². The van der Waals surface area contributed by atoms with Crippen molar-refractivity contribution in [1.82, 2.24) is 0 Å². The van der Waals surface area contributed by atoms with Crippen LogP contribution in [-0.4, -0.2) is 35.9 Å². The van der Waals surface area contributed by atoms with Gasteiger partial charge in [-0.2, -0.15) is 11.8 Å². The fourth-order valence-corrected chi connectivity index (χ4v) is 1.37. The zero-order chi connectivity index (χ0) is 9.23. The van der Waals surface area contributed by atoms with Crippen molar-refractivity contribution in [3.05, 3.63) is 0 Å². The summed E-state index contributed by atoms with van der Waals surface area (Å²) in [6.45, 7) is 5.50. The third-order valence-electron chi connectivity index (χ3n) is 1.47. The zero-order valence-electron chi connectivity index (χ0n) is 8.08. The normalized spacial score (nSPS) is 13.2. The van der Waals surface area contributed by atoms with Crippen molar-refractivity contribution in [3.8, 4) is 0 Å². The Bertz CT molecular complexity index is 88.6. The number of ether oxygens (including phenoxy) is 1. The molecule has 1 unspecified atom stereocenters. The van der Waals surface area contributed by atoms with Crippen LogP contribution in [0.25, 0.3) is 0 Å². The summed E-state index contributed by atoms with van der Waals surface area (Å²) >= 11 is 1.75. The Morgan fingerprint density at radius 1 is 1.42 bits per heavy atom. The minimum absolute atomic E-state index is 0.285. The van der Waals surface area contributed by atoms with E-state index in [0.29, 0.717) is 6.61 Å². The summed E-state index contributed by atoms with van der Waals surface area (Å²) in [6, 6.07) is 0. The van der Waals surface area contributed by atoms with Gasteiger partial charge in [-0.15, -0.1) is 0 Å². The lowest BCUT2D eigenvalue weighted by Crippen LogP contribution is -2.18. The van der Waals surface area contributed by atoms with E-state index in [1.54, 1.807) is 11.8 Å². The van der Waals surface area contributed by atoms with Gasteiger partial charge in [0.15, 0.2) is 0 Å². The fourth-order valence-electron chi connectivity index (χ4n) is 0.768. The maximum atomic E-state index is 9.33. The van der Waals surface area contributed by atoms with Gasteiger partial charge in [-0.05, 0) is 12.2 Å². The lowest BCUT2D eigenvalue weighted by Gasteiger charge is -2.09. The molecule has 0 heterocycles. The first-order valence-electron chi connectivity index (χ1n) is 4.64. The Hall–Kier alpha value is 0.270. The predicted octanol–water partition coefficient (Wildman–Crippen LogP) is 1.92. The van der Waals surface area contributed by atoms with Gasteiger partial charge in [0.25, 0.3) is 0 Å². The molecular weight excluding hydrogens is 172 g/mol. The summed E-state index contributed by atoms with van der Waals surface area (Å²) in [6.07, 6.45) is 1.96. The molecule has 1 atom stereocenters. The summed E-state index contributed by atoms with van der Waals surface area (Å²) in [5.74, 6) is 1.86. The lowest BCUT2D eigenvalue weighted by molar-refractivity contribution is 0.0473. The van der Waals surface area contributed by atoms with E-state index in [0.717, 1.165) is 31.0 Å². The summed E-state index contributed by atoms with van der Waals surface area (Å²) in [4.78, 5) is 0. The molecule has 2 nitrogen and oxygen atoms in total. The van der Waals surface area contributed by atoms with Gasteiger partial charge in [-0.3, -0.25) is 0 Å². The topological polar surface area (TPSA) is 29.5 Å². The second kappa shape index (κ2) is 9.36. The molecule has 0 amide bonds. The summed E-state index contributed by atoms with van der Waals surface area (Å²) in [5.41, 5.74) is 0. The standard InChI is InChI=1S/C9H20O2S/c1-3-5-6-11-7-9(10)8-12-4-2/h9-10H,3-8H2,1-2H3. The van der Waals surface area contributed by atoms with E-state index in [4.69, 9.17) is 4.74 Å². The Morgan fingerprint density at radius 2 is 2.17 bits per heavy atom. The van der Waals surface area contributed by atoms with E-state index in [9.17, 15) is 5.11 Å². The van der Waals surface area contributed by atoms with Crippen LogP contribution in [0.2, 0.25) is 0 Å². The van der Waals surface area contributed by atoms with E-state index >= 15 is 0 Å². The molecule has 0 spiro atoms. The predicted molar refractivity (Wildman–Crippen MR) is 54.7 cm³/mol. The second-order valence-corrected chi connectivity index (χ2v) is 4.06. The van der Waals surface area contributed by atoms with Crippen molar-refractivity contribution in [2.45, 2.75) is 32.8 Å². The number of aliphatic hydroxyl groups is 1. The van der Waals surface area contributed by atoms with Crippen LogP contribution in [-0.2, 0) is 4.74 Å². The maximum Gasteiger partial charge on any atom is 0.0863 e. The van der Waals surface area contributed by atoms with Gasteiger partial charge >= 0.3 is 0 Å². The molecule has 0 fully saturated rings. The van der Waals surface area contributed by atoms with Gasteiger partial charge in [0, 0.05) is 12.4 Å². The number of rotatable bonds is 8. The summed E-state index contributed by atoms with van der Waals surface area (Å²) in [7, 11) is 0. The van der Waals surface area contributed by atoms with Crippen LogP contribution in [0, 0.1) is 0 Å². The van der Waals surface area contributed by atoms with Crippen molar-refractivity contribution in [3.63, 3.8) is 0 Å². The third-order valence-corrected chi connectivity index (χ3v) is 2.50. The minimum Gasteiger partial charge on any atom is -0.390 e. The third kappa shape index (κ3) is 8.37. The van der Waals surface area contributed by atoms with Gasteiger partial charge in [0.1, 0.15) is 0 Å². The Morgan fingerprint density at radius 3 is 2.75 bits per heavy atom. The summed E-state index contributed by atoms with van der Waals surface area (Å²) in [5, 5.41) is 9.33. The number of hydrogen-bond donors (Lipinski definition) is 1. The molecule has 0 aliphatic heterocycles. The molecule has 0 aromatic carbocycles.